The van der Waals surface area contributed by atoms with Gasteiger partial charge in [0, 0.05) is 5.02 Å². The Kier molecular flexibility index (Phi) is 6.00. The van der Waals surface area contributed by atoms with Crippen LogP contribution in [0.4, 0.5) is 5.69 Å². The van der Waals surface area contributed by atoms with Gasteiger partial charge in [0.25, 0.3) is 5.91 Å². The van der Waals surface area contributed by atoms with E-state index in [2.05, 4.69) is 5.32 Å². The first kappa shape index (κ1) is 16.8. The van der Waals surface area contributed by atoms with Crippen LogP contribution in [0.25, 0.3) is 0 Å². The molecule has 0 atom stereocenters. The Morgan fingerprint density at radius 1 is 1.13 bits per heavy atom. The molecule has 6 heteroatoms. The van der Waals surface area contributed by atoms with Crippen molar-refractivity contribution in [3.63, 3.8) is 0 Å². The van der Waals surface area contributed by atoms with Crippen LogP contribution in [-0.2, 0) is 9.53 Å². The third kappa shape index (κ3) is 5.00. The number of halogens is 1. The lowest BCUT2D eigenvalue weighted by Crippen LogP contribution is -2.21. The van der Waals surface area contributed by atoms with E-state index in [4.69, 9.17) is 21.1 Å². The maximum Gasteiger partial charge on any atom is 0.338 e. The number of hydrogen-bond donors (Lipinski definition) is 1. The van der Waals surface area contributed by atoms with E-state index >= 15 is 0 Å². The van der Waals surface area contributed by atoms with E-state index < -0.39 is 18.5 Å². The molecule has 1 N–H and O–H groups in total. The molecule has 0 spiro atoms. The Labute approximate surface area is 139 Å². The molecule has 0 fully saturated rings. The minimum Gasteiger partial charge on any atom is -0.492 e. The lowest BCUT2D eigenvalue weighted by Gasteiger charge is -2.11. The van der Waals surface area contributed by atoms with Crippen molar-refractivity contribution in [2.45, 2.75) is 6.92 Å². The topological polar surface area (TPSA) is 64.6 Å². The van der Waals surface area contributed by atoms with Gasteiger partial charge >= 0.3 is 5.97 Å². The van der Waals surface area contributed by atoms with Crippen molar-refractivity contribution in [3.05, 3.63) is 59.1 Å². The van der Waals surface area contributed by atoms with Crippen LogP contribution < -0.4 is 10.1 Å². The monoisotopic (exact) mass is 333 g/mol. The predicted octanol–water partition coefficient (Wildman–Crippen LogP) is 3.53. The summed E-state index contributed by atoms with van der Waals surface area (Å²) < 4.78 is 10.4. The molecule has 5 nitrogen and oxygen atoms in total. The fraction of sp³-hybridized carbons (Fsp3) is 0.176. The largest absolute Gasteiger partial charge is 0.492 e. The first-order chi connectivity index (χ1) is 11.1. The summed E-state index contributed by atoms with van der Waals surface area (Å²) in [4.78, 5) is 23.7. The van der Waals surface area contributed by atoms with Crippen LogP contribution in [0.15, 0.2) is 48.5 Å². The highest BCUT2D eigenvalue weighted by Crippen LogP contribution is 2.23. The summed E-state index contributed by atoms with van der Waals surface area (Å²) in [6, 6.07) is 13.4. The zero-order valence-electron chi connectivity index (χ0n) is 12.5. The van der Waals surface area contributed by atoms with Crippen LogP contribution in [0, 0.1) is 0 Å². The Morgan fingerprint density at radius 2 is 1.91 bits per heavy atom. The quantitative estimate of drug-likeness (QED) is 0.821. The highest BCUT2D eigenvalue weighted by molar-refractivity contribution is 6.30. The van der Waals surface area contributed by atoms with E-state index in [-0.39, 0.29) is 0 Å². The Balaban J connectivity index is 1.92. The second-order valence-corrected chi connectivity index (χ2v) is 5.00. The molecule has 120 valence electrons. The first-order valence-electron chi connectivity index (χ1n) is 7.04. The molecule has 0 aliphatic rings. The highest BCUT2D eigenvalue weighted by atomic mass is 35.5. The van der Waals surface area contributed by atoms with Crippen LogP contribution in [0.2, 0.25) is 5.02 Å². The zero-order valence-corrected chi connectivity index (χ0v) is 13.3. The van der Waals surface area contributed by atoms with Gasteiger partial charge in [-0.3, -0.25) is 4.79 Å². The van der Waals surface area contributed by atoms with Crippen molar-refractivity contribution in [1.29, 1.82) is 0 Å². The van der Waals surface area contributed by atoms with Crippen molar-refractivity contribution < 1.29 is 19.1 Å². The SMILES string of the molecule is CCOc1ccccc1NC(=O)COC(=O)c1cccc(Cl)c1. The van der Waals surface area contributed by atoms with E-state index in [1.807, 2.05) is 6.92 Å². The highest BCUT2D eigenvalue weighted by Gasteiger charge is 2.12. The van der Waals surface area contributed by atoms with E-state index in [0.29, 0.717) is 28.6 Å². The van der Waals surface area contributed by atoms with Crippen molar-refractivity contribution in [2.24, 2.45) is 0 Å². The summed E-state index contributed by atoms with van der Waals surface area (Å²) in [6.45, 7) is 1.94. The van der Waals surface area contributed by atoms with Gasteiger partial charge in [0.15, 0.2) is 6.61 Å². The van der Waals surface area contributed by atoms with Crippen molar-refractivity contribution >= 4 is 29.2 Å². The number of anilines is 1. The van der Waals surface area contributed by atoms with E-state index in [1.165, 1.54) is 6.07 Å². The van der Waals surface area contributed by atoms with Crippen LogP contribution in [0.3, 0.4) is 0 Å². The summed E-state index contributed by atoms with van der Waals surface area (Å²) in [5, 5.41) is 3.07. The van der Waals surface area contributed by atoms with Gasteiger partial charge in [0.1, 0.15) is 5.75 Å². The van der Waals surface area contributed by atoms with E-state index in [1.54, 1.807) is 42.5 Å². The molecule has 2 rings (SSSR count). The lowest BCUT2D eigenvalue weighted by atomic mass is 10.2. The molecule has 0 aliphatic heterocycles. The minimum absolute atomic E-state index is 0.292. The summed E-state index contributed by atoms with van der Waals surface area (Å²) in [6.07, 6.45) is 0. The van der Waals surface area contributed by atoms with Crippen molar-refractivity contribution in [1.82, 2.24) is 0 Å². The number of carbonyl (C=O) groups excluding carboxylic acids is 2. The van der Waals surface area contributed by atoms with Gasteiger partial charge in [0.05, 0.1) is 17.9 Å². The second-order valence-electron chi connectivity index (χ2n) is 4.56. The smallest absolute Gasteiger partial charge is 0.338 e. The standard InChI is InChI=1S/C17H16ClNO4/c1-2-22-15-9-4-3-8-14(15)19-16(20)11-23-17(21)12-6-5-7-13(18)10-12/h3-10H,2,11H2,1H3,(H,19,20). The number of rotatable bonds is 6. The number of para-hydroxylation sites is 2. The van der Waals surface area contributed by atoms with Gasteiger partial charge in [-0.2, -0.15) is 0 Å². The average Bonchev–Trinajstić information content (AvgIpc) is 2.54. The zero-order chi connectivity index (χ0) is 16.7. The van der Waals surface area contributed by atoms with Crippen LogP contribution in [0.1, 0.15) is 17.3 Å². The number of hydrogen-bond acceptors (Lipinski definition) is 4. The van der Waals surface area contributed by atoms with Crippen molar-refractivity contribution in [2.75, 3.05) is 18.5 Å². The Bertz CT molecular complexity index is 702. The molecular weight excluding hydrogens is 318 g/mol. The predicted molar refractivity (Wildman–Crippen MR) is 88.0 cm³/mol. The molecule has 1 amide bonds. The summed E-state index contributed by atoms with van der Waals surface area (Å²) in [7, 11) is 0. The summed E-state index contributed by atoms with van der Waals surface area (Å²) in [5.74, 6) is -0.502. The number of esters is 1. The fourth-order valence-corrected chi connectivity index (χ4v) is 2.06. The lowest BCUT2D eigenvalue weighted by molar-refractivity contribution is -0.119. The van der Waals surface area contributed by atoms with Gasteiger partial charge in [-0.25, -0.2) is 4.79 Å². The number of nitrogens with one attached hydrogen (secondary N) is 1. The molecule has 0 saturated heterocycles. The molecule has 0 unspecified atom stereocenters. The van der Waals surface area contributed by atoms with E-state index in [0.717, 1.165) is 0 Å². The molecule has 0 saturated carbocycles. The second kappa shape index (κ2) is 8.19. The number of amides is 1. The maximum absolute atomic E-state index is 11.9. The molecule has 0 bridgehead atoms. The Hall–Kier alpha value is -2.53. The van der Waals surface area contributed by atoms with Gasteiger partial charge in [0.2, 0.25) is 0 Å². The summed E-state index contributed by atoms with van der Waals surface area (Å²) in [5.41, 5.74) is 0.818. The molecular formula is C17H16ClNO4. The molecule has 2 aromatic rings. The van der Waals surface area contributed by atoms with Crippen LogP contribution in [0.5, 0.6) is 5.75 Å². The molecule has 0 heterocycles. The Morgan fingerprint density at radius 3 is 2.65 bits per heavy atom. The average molecular weight is 334 g/mol. The number of ether oxygens (including phenoxy) is 2. The number of benzene rings is 2. The number of carbonyl (C=O) groups is 2. The van der Waals surface area contributed by atoms with Gasteiger partial charge in [-0.15, -0.1) is 0 Å². The molecule has 23 heavy (non-hydrogen) atoms. The molecule has 0 aromatic heterocycles. The normalized spacial score (nSPS) is 10.0. The molecule has 0 radical (unpaired) electrons. The third-order valence-electron chi connectivity index (χ3n) is 2.86. The molecule has 0 aliphatic carbocycles. The van der Waals surface area contributed by atoms with E-state index in [9.17, 15) is 9.59 Å². The van der Waals surface area contributed by atoms with Gasteiger partial charge < -0.3 is 14.8 Å². The van der Waals surface area contributed by atoms with Gasteiger partial charge in [-0.1, -0.05) is 29.8 Å². The van der Waals surface area contributed by atoms with Crippen LogP contribution >= 0.6 is 11.6 Å². The maximum atomic E-state index is 11.9. The first-order valence-corrected chi connectivity index (χ1v) is 7.42. The third-order valence-corrected chi connectivity index (χ3v) is 3.09. The molecule has 2 aromatic carbocycles. The van der Waals surface area contributed by atoms with Gasteiger partial charge in [-0.05, 0) is 37.3 Å². The van der Waals surface area contributed by atoms with Crippen molar-refractivity contribution in [3.8, 4) is 5.75 Å². The van der Waals surface area contributed by atoms with Crippen LogP contribution in [-0.4, -0.2) is 25.1 Å². The minimum atomic E-state index is -0.610. The summed E-state index contributed by atoms with van der Waals surface area (Å²) >= 11 is 5.81. The fourth-order valence-electron chi connectivity index (χ4n) is 1.87.